The molecule has 0 spiro atoms. The molecule has 2 amide bonds. The van der Waals surface area contributed by atoms with Crippen molar-refractivity contribution in [3.63, 3.8) is 0 Å². The molecule has 4 nitrogen and oxygen atoms in total. The zero-order valence-corrected chi connectivity index (χ0v) is 15.5. The van der Waals surface area contributed by atoms with Gasteiger partial charge in [0.25, 0.3) is 5.91 Å². The van der Waals surface area contributed by atoms with Gasteiger partial charge in [0.15, 0.2) is 0 Å². The van der Waals surface area contributed by atoms with Crippen molar-refractivity contribution in [1.29, 1.82) is 0 Å². The van der Waals surface area contributed by atoms with Gasteiger partial charge in [-0.3, -0.25) is 9.59 Å². The van der Waals surface area contributed by atoms with E-state index >= 15 is 0 Å². The van der Waals surface area contributed by atoms with Crippen LogP contribution in [0.1, 0.15) is 44.6 Å². The fourth-order valence-corrected chi connectivity index (χ4v) is 3.84. The van der Waals surface area contributed by atoms with Crippen LogP contribution in [-0.2, 0) is 11.0 Å². The number of likely N-dealkylation sites (tertiary alicyclic amines) is 1. The molecule has 1 N–H and O–H groups in total. The molecule has 1 aliphatic rings. The van der Waals surface area contributed by atoms with E-state index in [1.165, 1.54) is 17.4 Å². The van der Waals surface area contributed by atoms with Gasteiger partial charge in [-0.25, -0.2) is 0 Å². The number of aryl methyl sites for hydroxylation is 1. The molecular formula is C19H19F3N2O2S. The summed E-state index contributed by atoms with van der Waals surface area (Å²) in [5, 5.41) is 2.80. The van der Waals surface area contributed by atoms with Crippen molar-refractivity contribution in [2.24, 2.45) is 0 Å². The maximum absolute atomic E-state index is 13.1. The van der Waals surface area contributed by atoms with Crippen LogP contribution in [0.2, 0.25) is 0 Å². The number of carbonyl (C=O) groups is 2. The van der Waals surface area contributed by atoms with Crippen molar-refractivity contribution in [3.05, 3.63) is 57.3 Å². The van der Waals surface area contributed by atoms with E-state index in [1.807, 2.05) is 13.0 Å². The third-order valence-electron chi connectivity index (χ3n) is 4.46. The minimum Gasteiger partial charge on any atom is -0.343 e. The molecule has 1 unspecified atom stereocenters. The largest absolute Gasteiger partial charge is 0.416 e. The average Bonchev–Trinajstić information content (AvgIpc) is 3.22. The predicted octanol–water partition coefficient (Wildman–Crippen LogP) is 4.17. The maximum atomic E-state index is 13.1. The number of alkyl halides is 3. The van der Waals surface area contributed by atoms with Crippen molar-refractivity contribution < 1.29 is 22.8 Å². The summed E-state index contributed by atoms with van der Waals surface area (Å²) in [7, 11) is 0. The van der Waals surface area contributed by atoms with Crippen LogP contribution in [0.25, 0.3) is 0 Å². The van der Waals surface area contributed by atoms with Gasteiger partial charge in [0, 0.05) is 24.4 Å². The van der Waals surface area contributed by atoms with Crippen LogP contribution in [0.5, 0.6) is 0 Å². The third-order valence-corrected chi connectivity index (χ3v) is 5.46. The molecule has 3 rings (SSSR count). The van der Waals surface area contributed by atoms with Crippen LogP contribution < -0.4 is 5.32 Å². The van der Waals surface area contributed by atoms with E-state index in [4.69, 9.17) is 0 Å². The second-order valence-corrected chi connectivity index (χ2v) is 7.79. The highest BCUT2D eigenvalue weighted by atomic mass is 32.1. The Balaban J connectivity index is 1.87. The van der Waals surface area contributed by atoms with Gasteiger partial charge in [0.1, 0.15) is 0 Å². The Morgan fingerprint density at radius 3 is 2.67 bits per heavy atom. The number of benzene rings is 1. The minimum absolute atomic E-state index is 0.0480. The first-order valence-electron chi connectivity index (χ1n) is 8.56. The smallest absolute Gasteiger partial charge is 0.343 e. The lowest BCUT2D eigenvalue weighted by atomic mass is 10.0. The molecule has 2 aromatic rings. The summed E-state index contributed by atoms with van der Waals surface area (Å²) < 4.78 is 39.2. The van der Waals surface area contributed by atoms with Gasteiger partial charge >= 0.3 is 6.18 Å². The Hall–Kier alpha value is -2.35. The highest BCUT2D eigenvalue weighted by molar-refractivity contribution is 7.13. The predicted molar refractivity (Wildman–Crippen MR) is 96.5 cm³/mol. The molecule has 144 valence electrons. The summed E-state index contributed by atoms with van der Waals surface area (Å²) in [6.07, 6.45) is -3.33. The molecule has 2 heterocycles. The number of amides is 2. The summed E-state index contributed by atoms with van der Waals surface area (Å²) in [4.78, 5) is 27.5. The van der Waals surface area contributed by atoms with Crippen molar-refractivity contribution in [2.45, 2.75) is 32.0 Å². The highest BCUT2D eigenvalue weighted by Crippen LogP contribution is 2.31. The van der Waals surface area contributed by atoms with E-state index in [0.717, 1.165) is 17.0 Å². The summed E-state index contributed by atoms with van der Waals surface area (Å²) in [5.41, 5.74) is -0.454. The first kappa shape index (κ1) is 19.4. The minimum atomic E-state index is -4.47. The maximum Gasteiger partial charge on any atom is 0.416 e. The van der Waals surface area contributed by atoms with E-state index in [-0.39, 0.29) is 18.4 Å². The number of nitrogens with zero attached hydrogens (tertiary/aromatic N) is 1. The highest BCUT2D eigenvalue weighted by Gasteiger charge is 2.32. The van der Waals surface area contributed by atoms with Gasteiger partial charge < -0.3 is 10.2 Å². The lowest BCUT2D eigenvalue weighted by Crippen LogP contribution is -2.38. The van der Waals surface area contributed by atoms with Crippen LogP contribution in [0.15, 0.2) is 36.4 Å². The van der Waals surface area contributed by atoms with Gasteiger partial charge in [-0.1, -0.05) is 12.1 Å². The number of nitrogens with one attached hydrogen (secondary N) is 1. The first-order chi connectivity index (χ1) is 12.7. The first-order valence-corrected chi connectivity index (χ1v) is 9.38. The summed E-state index contributed by atoms with van der Waals surface area (Å²) in [6.45, 7) is 2.56. The molecular weight excluding hydrogens is 377 g/mol. The normalized spacial score (nSPS) is 15.9. The van der Waals surface area contributed by atoms with E-state index in [1.54, 1.807) is 17.0 Å². The summed E-state index contributed by atoms with van der Waals surface area (Å²) in [6, 6.07) is 7.66. The number of hydrogen-bond acceptors (Lipinski definition) is 3. The quantitative estimate of drug-likeness (QED) is 0.825. The number of rotatable bonds is 5. The Morgan fingerprint density at radius 1 is 1.30 bits per heavy atom. The van der Waals surface area contributed by atoms with Crippen LogP contribution in [0.4, 0.5) is 13.2 Å². The van der Waals surface area contributed by atoms with Crippen molar-refractivity contribution in [1.82, 2.24) is 10.2 Å². The molecule has 8 heteroatoms. The van der Waals surface area contributed by atoms with Gasteiger partial charge in [0.2, 0.25) is 5.91 Å². The van der Waals surface area contributed by atoms with Gasteiger partial charge in [-0.2, -0.15) is 13.2 Å². The zero-order valence-electron chi connectivity index (χ0n) is 14.7. The van der Waals surface area contributed by atoms with E-state index in [0.29, 0.717) is 29.8 Å². The molecule has 1 aromatic carbocycles. The zero-order chi connectivity index (χ0) is 19.6. The Kier molecular flexibility index (Phi) is 5.55. The van der Waals surface area contributed by atoms with Crippen molar-refractivity contribution in [3.8, 4) is 0 Å². The van der Waals surface area contributed by atoms with Crippen molar-refractivity contribution in [2.75, 3.05) is 13.1 Å². The van der Waals surface area contributed by atoms with Gasteiger partial charge in [-0.05, 0) is 43.2 Å². The van der Waals surface area contributed by atoms with Gasteiger partial charge in [0.05, 0.1) is 16.5 Å². The van der Waals surface area contributed by atoms with Crippen LogP contribution in [0.3, 0.4) is 0 Å². The molecule has 1 fully saturated rings. The topological polar surface area (TPSA) is 49.4 Å². The lowest BCUT2D eigenvalue weighted by Gasteiger charge is -2.25. The molecule has 0 aliphatic carbocycles. The Bertz CT molecular complexity index is 847. The van der Waals surface area contributed by atoms with Gasteiger partial charge in [-0.15, -0.1) is 11.3 Å². The lowest BCUT2D eigenvalue weighted by molar-refractivity contribution is -0.137. The standard InChI is InChI=1S/C19H19F3N2O2S/c1-12-7-8-16(27-12)18(26)23-15(11-24-9-3-6-17(24)25)13-4-2-5-14(10-13)19(20,21)22/h2,4-5,7-8,10,15H,3,6,9,11H2,1H3,(H,23,26). The number of carbonyl (C=O) groups excluding carboxylic acids is 2. The molecule has 1 atom stereocenters. The summed E-state index contributed by atoms with van der Waals surface area (Å²) >= 11 is 1.31. The average molecular weight is 396 g/mol. The van der Waals surface area contributed by atoms with E-state index in [9.17, 15) is 22.8 Å². The molecule has 1 aromatic heterocycles. The number of thiophene rings is 1. The molecule has 1 saturated heterocycles. The Labute approximate surface area is 159 Å². The van der Waals surface area contributed by atoms with Crippen LogP contribution >= 0.6 is 11.3 Å². The number of halogens is 3. The third kappa shape index (κ3) is 4.68. The van der Waals surface area contributed by atoms with E-state index in [2.05, 4.69) is 5.32 Å². The molecule has 27 heavy (non-hydrogen) atoms. The van der Waals surface area contributed by atoms with Crippen LogP contribution in [-0.4, -0.2) is 29.8 Å². The van der Waals surface area contributed by atoms with Crippen molar-refractivity contribution >= 4 is 23.2 Å². The second kappa shape index (κ2) is 7.72. The number of hydrogen-bond donors (Lipinski definition) is 1. The SMILES string of the molecule is Cc1ccc(C(=O)NC(CN2CCCC2=O)c2cccc(C(F)(F)F)c2)s1. The van der Waals surface area contributed by atoms with E-state index < -0.39 is 17.8 Å². The fourth-order valence-electron chi connectivity index (χ4n) is 3.07. The molecule has 1 aliphatic heterocycles. The molecule has 0 bridgehead atoms. The summed E-state index contributed by atoms with van der Waals surface area (Å²) in [5.74, 6) is -0.407. The fraction of sp³-hybridized carbons (Fsp3) is 0.368. The molecule has 0 radical (unpaired) electrons. The monoisotopic (exact) mass is 396 g/mol. The Morgan fingerprint density at radius 2 is 2.07 bits per heavy atom. The molecule has 0 saturated carbocycles. The second-order valence-electron chi connectivity index (χ2n) is 6.50. The van der Waals surface area contributed by atoms with Crippen LogP contribution in [0, 0.1) is 6.92 Å².